The lowest BCUT2D eigenvalue weighted by molar-refractivity contribution is 0.107. The number of aromatic nitrogens is 2. The molecule has 3 heteroatoms. The lowest BCUT2D eigenvalue weighted by Gasteiger charge is -2.16. The smallest absolute Gasteiger partial charge is 0.125 e. The summed E-state index contributed by atoms with van der Waals surface area (Å²) in [5.74, 6) is 1.14. The van der Waals surface area contributed by atoms with E-state index in [4.69, 9.17) is 0 Å². The number of aliphatic hydroxyl groups excluding tert-OH is 1. The van der Waals surface area contributed by atoms with Gasteiger partial charge >= 0.3 is 0 Å². The quantitative estimate of drug-likeness (QED) is 0.779. The lowest BCUT2D eigenvalue weighted by atomic mass is 9.98. The molecule has 0 spiro atoms. The fraction of sp³-hybridized carbons (Fsp3) is 0.636. The lowest BCUT2D eigenvalue weighted by Crippen LogP contribution is -2.11. The second-order valence-electron chi connectivity index (χ2n) is 4.02. The van der Waals surface area contributed by atoms with Gasteiger partial charge in [0, 0.05) is 6.20 Å². The minimum Gasteiger partial charge on any atom is -0.387 e. The van der Waals surface area contributed by atoms with Gasteiger partial charge in [-0.05, 0) is 31.7 Å². The van der Waals surface area contributed by atoms with Crippen molar-refractivity contribution in [2.24, 2.45) is 5.92 Å². The maximum absolute atomic E-state index is 10.1. The first-order chi connectivity index (χ1) is 6.77. The van der Waals surface area contributed by atoms with Crippen LogP contribution in [0.4, 0.5) is 0 Å². The Kier molecular flexibility index (Phi) is 2.77. The van der Waals surface area contributed by atoms with Crippen molar-refractivity contribution < 1.29 is 5.11 Å². The van der Waals surface area contributed by atoms with Crippen molar-refractivity contribution in [1.29, 1.82) is 0 Å². The summed E-state index contributed by atoms with van der Waals surface area (Å²) in [4.78, 5) is 8.28. The Labute approximate surface area is 84.2 Å². The highest BCUT2D eigenvalue weighted by Crippen LogP contribution is 2.34. The second kappa shape index (κ2) is 4.05. The zero-order valence-electron chi connectivity index (χ0n) is 8.48. The van der Waals surface area contributed by atoms with E-state index in [1.54, 1.807) is 6.20 Å². The molecule has 0 saturated heterocycles. The van der Waals surface area contributed by atoms with Crippen LogP contribution in [0.3, 0.4) is 0 Å². The number of hydrogen-bond acceptors (Lipinski definition) is 3. The number of hydrogen-bond donors (Lipinski definition) is 1. The highest BCUT2D eigenvalue weighted by atomic mass is 16.3. The van der Waals surface area contributed by atoms with Gasteiger partial charge in [-0.3, -0.25) is 0 Å². The molecule has 14 heavy (non-hydrogen) atoms. The summed E-state index contributed by atoms with van der Waals surface area (Å²) < 4.78 is 0. The standard InChI is InChI=1S/C11H16N2O/c1-8-12-7-6-10(13-8)11(14)9-4-2-3-5-9/h6-7,9,11,14H,2-5H2,1H3. The minimum absolute atomic E-state index is 0.390. The summed E-state index contributed by atoms with van der Waals surface area (Å²) in [6.07, 6.45) is 6.07. The number of rotatable bonds is 2. The maximum atomic E-state index is 10.1. The van der Waals surface area contributed by atoms with Gasteiger partial charge in [-0.15, -0.1) is 0 Å². The summed E-state index contributed by atoms with van der Waals surface area (Å²) >= 11 is 0. The van der Waals surface area contributed by atoms with E-state index >= 15 is 0 Å². The van der Waals surface area contributed by atoms with Crippen LogP contribution in [-0.4, -0.2) is 15.1 Å². The highest BCUT2D eigenvalue weighted by Gasteiger charge is 2.25. The molecule has 0 radical (unpaired) electrons. The van der Waals surface area contributed by atoms with Crippen molar-refractivity contribution >= 4 is 0 Å². The Bertz CT molecular complexity index is 308. The van der Waals surface area contributed by atoms with E-state index in [1.807, 2.05) is 13.0 Å². The summed E-state index contributed by atoms with van der Waals surface area (Å²) in [7, 11) is 0. The highest BCUT2D eigenvalue weighted by molar-refractivity contribution is 5.06. The van der Waals surface area contributed by atoms with Crippen LogP contribution in [-0.2, 0) is 0 Å². The van der Waals surface area contributed by atoms with Gasteiger partial charge in [0.25, 0.3) is 0 Å². The maximum Gasteiger partial charge on any atom is 0.125 e. The number of nitrogens with zero attached hydrogens (tertiary/aromatic N) is 2. The average Bonchev–Trinajstić information content (AvgIpc) is 2.69. The van der Waals surface area contributed by atoms with E-state index in [1.165, 1.54) is 12.8 Å². The predicted molar refractivity (Wildman–Crippen MR) is 53.7 cm³/mol. The number of aryl methyl sites for hydroxylation is 1. The fourth-order valence-corrected chi connectivity index (χ4v) is 2.15. The van der Waals surface area contributed by atoms with Gasteiger partial charge in [-0.2, -0.15) is 0 Å². The summed E-state index contributed by atoms with van der Waals surface area (Å²) in [6.45, 7) is 1.85. The molecule has 1 fully saturated rings. The molecule has 0 bridgehead atoms. The van der Waals surface area contributed by atoms with E-state index in [0.29, 0.717) is 5.92 Å². The molecule has 3 nitrogen and oxygen atoms in total. The monoisotopic (exact) mass is 192 g/mol. The SMILES string of the molecule is Cc1nccc(C(O)C2CCCC2)n1. The van der Waals surface area contributed by atoms with Crippen LogP contribution in [0.25, 0.3) is 0 Å². The molecule has 0 amide bonds. The molecular weight excluding hydrogens is 176 g/mol. The Morgan fingerprint density at radius 1 is 1.43 bits per heavy atom. The van der Waals surface area contributed by atoms with Crippen LogP contribution < -0.4 is 0 Å². The molecule has 0 aromatic carbocycles. The topological polar surface area (TPSA) is 46.0 Å². The van der Waals surface area contributed by atoms with E-state index in [-0.39, 0.29) is 6.10 Å². The molecule has 1 heterocycles. The van der Waals surface area contributed by atoms with Crippen molar-refractivity contribution in [3.05, 3.63) is 23.8 Å². The molecule has 1 aliphatic carbocycles. The van der Waals surface area contributed by atoms with Gasteiger partial charge < -0.3 is 5.11 Å². The first-order valence-corrected chi connectivity index (χ1v) is 5.25. The third-order valence-electron chi connectivity index (χ3n) is 2.95. The van der Waals surface area contributed by atoms with Crippen molar-refractivity contribution in [2.45, 2.75) is 38.7 Å². The molecule has 0 aliphatic heterocycles. The largest absolute Gasteiger partial charge is 0.387 e. The third kappa shape index (κ3) is 1.93. The van der Waals surface area contributed by atoms with Crippen molar-refractivity contribution in [3.63, 3.8) is 0 Å². The van der Waals surface area contributed by atoms with Gasteiger partial charge in [0.1, 0.15) is 5.82 Å². The van der Waals surface area contributed by atoms with Crippen LogP contribution in [0.5, 0.6) is 0 Å². The third-order valence-corrected chi connectivity index (χ3v) is 2.95. The van der Waals surface area contributed by atoms with Gasteiger partial charge in [0.2, 0.25) is 0 Å². The first kappa shape index (κ1) is 9.59. The molecule has 76 valence electrons. The summed E-state index contributed by atoms with van der Waals surface area (Å²) in [5, 5.41) is 10.1. The van der Waals surface area contributed by atoms with Crippen LogP contribution in [0.2, 0.25) is 0 Å². The van der Waals surface area contributed by atoms with E-state index in [2.05, 4.69) is 9.97 Å². The zero-order chi connectivity index (χ0) is 9.97. The second-order valence-corrected chi connectivity index (χ2v) is 4.02. The van der Waals surface area contributed by atoms with Gasteiger partial charge in [0.15, 0.2) is 0 Å². The first-order valence-electron chi connectivity index (χ1n) is 5.25. The summed E-state index contributed by atoms with van der Waals surface area (Å²) in [5.41, 5.74) is 0.782. The number of aliphatic hydroxyl groups is 1. The van der Waals surface area contributed by atoms with Crippen molar-refractivity contribution in [2.75, 3.05) is 0 Å². The van der Waals surface area contributed by atoms with E-state index in [0.717, 1.165) is 24.4 Å². The van der Waals surface area contributed by atoms with E-state index < -0.39 is 0 Å². The fourth-order valence-electron chi connectivity index (χ4n) is 2.15. The molecule has 1 aromatic heterocycles. The Morgan fingerprint density at radius 2 is 2.14 bits per heavy atom. The Balaban J connectivity index is 2.13. The average molecular weight is 192 g/mol. The molecule has 1 unspecified atom stereocenters. The molecule has 2 rings (SSSR count). The molecule has 1 atom stereocenters. The van der Waals surface area contributed by atoms with Crippen LogP contribution in [0, 0.1) is 12.8 Å². The molecule has 1 saturated carbocycles. The molecule has 1 aliphatic rings. The van der Waals surface area contributed by atoms with Gasteiger partial charge in [0.05, 0.1) is 11.8 Å². The minimum atomic E-state index is -0.390. The van der Waals surface area contributed by atoms with Crippen molar-refractivity contribution in [3.8, 4) is 0 Å². The Hall–Kier alpha value is -0.960. The van der Waals surface area contributed by atoms with E-state index in [9.17, 15) is 5.11 Å². The molecular formula is C11H16N2O. The summed E-state index contributed by atoms with van der Waals surface area (Å²) in [6, 6.07) is 1.82. The zero-order valence-corrected chi connectivity index (χ0v) is 8.48. The Morgan fingerprint density at radius 3 is 2.79 bits per heavy atom. The van der Waals surface area contributed by atoms with Crippen LogP contribution >= 0.6 is 0 Å². The normalized spacial score (nSPS) is 19.9. The molecule has 1 N–H and O–H groups in total. The van der Waals surface area contributed by atoms with Crippen LogP contribution in [0.1, 0.15) is 43.3 Å². The van der Waals surface area contributed by atoms with Crippen LogP contribution in [0.15, 0.2) is 12.3 Å². The molecule has 1 aromatic rings. The van der Waals surface area contributed by atoms with Crippen molar-refractivity contribution in [1.82, 2.24) is 9.97 Å². The predicted octanol–water partition coefficient (Wildman–Crippen LogP) is 2.01. The van der Waals surface area contributed by atoms with Gasteiger partial charge in [-0.1, -0.05) is 12.8 Å². The van der Waals surface area contributed by atoms with Gasteiger partial charge in [-0.25, -0.2) is 9.97 Å².